The van der Waals surface area contributed by atoms with Crippen LogP contribution < -0.4 is 0 Å². The smallest absolute Gasteiger partial charge is 0.122 e. The molecular formula is C16H22Si3. The van der Waals surface area contributed by atoms with Crippen molar-refractivity contribution in [2.75, 3.05) is 0 Å². The average molecular weight is 299 g/mol. The zero-order valence-electron chi connectivity index (χ0n) is 12.8. The molecule has 0 nitrogen and oxygen atoms in total. The van der Waals surface area contributed by atoms with Crippen LogP contribution >= 0.6 is 0 Å². The van der Waals surface area contributed by atoms with Crippen LogP contribution in [0.4, 0.5) is 0 Å². The van der Waals surface area contributed by atoms with E-state index in [1.807, 2.05) is 0 Å². The number of rotatable bonds is 0. The van der Waals surface area contributed by atoms with Gasteiger partial charge in [-0.1, -0.05) is 63.3 Å². The Bertz CT molecular complexity index is 576. The summed E-state index contributed by atoms with van der Waals surface area (Å²) in [5.41, 5.74) is 9.65. The second kappa shape index (κ2) is 4.52. The number of hydrogen-bond donors (Lipinski definition) is 0. The first-order valence-corrected chi connectivity index (χ1v) is 17.8. The summed E-state index contributed by atoms with van der Waals surface area (Å²) in [7, 11) is -4.37. The second-order valence-electron chi connectivity index (χ2n) is 6.92. The van der Waals surface area contributed by atoms with Gasteiger partial charge >= 0.3 is 0 Å². The van der Waals surface area contributed by atoms with Crippen LogP contribution in [0.3, 0.4) is 0 Å². The maximum Gasteiger partial charge on any atom is 0.122 e. The molecule has 1 aliphatic rings. The molecule has 0 atom stereocenters. The van der Waals surface area contributed by atoms with Gasteiger partial charge < -0.3 is 0 Å². The largest absolute Gasteiger partial charge is 0.130 e. The minimum Gasteiger partial charge on any atom is -0.130 e. The lowest BCUT2D eigenvalue weighted by atomic mass is 10.1. The van der Waals surface area contributed by atoms with E-state index in [9.17, 15) is 0 Å². The molecule has 0 saturated carbocycles. The van der Waals surface area contributed by atoms with Crippen LogP contribution in [0.2, 0.25) is 39.3 Å². The Balaban J connectivity index is 2.74. The average Bonchev–Trinajstić information content (AvgIpc) is 2.35. The lowest BCUT2D eigenvalue weighted by molar-refractivity contribution is 1.59. The van der Waals surface area contributed by atoms with Crippen molar-refractivity contribution < 1.29 is 0 Å². The fourth-order valence-corrected chi connectivity index (χ4v) is 27.4. The normalized spacial score (nSPS) is 21.4. The first kappa shape index (κ1) is 14.4. The molecule has 2 rings (SSSR count). The Kier molecular flexibility index (Phi) is 3.43. The van der Waals surface area contributed by atoms with Gasteiger partial charge in [-0.3, -0.25) is 0 Å². The number of benzene rings is 1. The minimum absolute atomic E-state index is 1.12. The van der Waals surface area contributed by atoms with Crippen LogP contribution in [0.1, 0.15) is 11.1 Å². The fraction of sp³-hybridized carbons (Fsp3) is 0.375. The molecule has 1 aromatic carbocycles. The molecule has 1 aliphatic heterocycles. The third-order valence-corrected chi connectivity index (χ3v) is 43.6. The molecule has 1 heterocycles. The highest BCUT2D eigenvalue weighted by Crippen LogP contribution is 2.29. The van der Waals surface area contributed by atoms with Crippen LogP contribution in [0.25, 0.3) is 0 Å². The highest BCUT2D eigenvalue weighted by atomic mass is 29.6. The summed E-state index contributed by atoms with van der Waals surface area (Å²) in [6.45, 7) is 14.9. The highest BCUT2D eigenvalue weighted by Gasteiger charge is 2.51. The summed E-state index contributed by atoms with van der Waals surface area (Å²) >= 11 is 0. The Morgan fingerprint density at radius 1 is 0.684 bits per heavy atom. The van der Waals surface area contributed by atoms with Crippen molar-refractivity contribution in [2.45, 2.75) is 39.3 Å². The van der Waals surface area contributed by atoms with Gasteiger partial charge in [0.2, 0.25) is 0 Å². The second-order valence-corrected chi connectivity index (χ2v) is 33.7. The van der Waals surface area contributed by atoms with E-state index in [4.69, 9.17) is 0 Å². The van der Waals surface area contributed by atoms with Gasteiger partial charge in [0.25, 0.3) is 0 Å². The molecule has 0 radical (unpaired) electrons. The van der Waals surface area contributed by atoms with Gasteiger partial charge in [-0.15, -0.1) is 11.1 Å². The van der Waals surface area contributed by atoms with E-state index in [1.165, 1.54) is 0 Å². The lowest BCUT2D eigenvalue weighted by Crippen LogP contribution is -2.69. The topological polar surface area (TPSA) is 0 Å². The first-order chi connectivity index (χ1) is 8.67. The van der Waals surface area contributed by atoms with Crippen LogP contribution in [0, 0.1) is 22.9 Å². The molecule has 19 heavy (non-hydrogen) atoms. The molecule has 98 valence electrons. The molecule has 0 spiro atoms. The lowest BCUT2D eigenvalue weighted by Gasteiger charge is -2.42. The molecule has 1 aromatic rings. The van der Waals surface area contributed by atoms with Gasteiger partial charge in [-0.05, 0) is 12.1 Å². The molecule has 0 N–H and O–H groups in total. The highest BCUT2D eigenvalue weighted by molar-refractivity contribution is 7.71. The summed E-state index contributed by atoms with van der Waals surface area (Å²) in [6, 6.07) is 8.34. The number of fused-ring (bicyclic) bond motifs is 1. The first-order valence-electron chi connectivity index (χ1n) is 6.83. The Labute approximate surface area is 120 Å². The zero-order valence-corrected chi connectivity index (χ0v) is 15.8. The van der Waals surface area contributed by atoms with Gasteiger partial charge in [0.05, 0.1) is 7.11 Å². The summed E-state index contributed by atoms with van der Waals surface area (Å²) < 4.78 is 0. The Morgan fingerprint density at radius 3 is 1.42 bits per heavy atom. The third-order valence-electron chi connectivity index (χ3n) is 5.07. The van der Waals surface area contributed by atoms with E-state index >= 15 is 0 Å². The summed E-state index contributed by atoms with van der Waals surface area (Å²) in [5.74, 6) is 6.91. The third kappa shape index (κ3) is 2.39. The van der Waals surface area contributed by atoms with Crippen LogP contribution in [-0.4, -0.2) is 22.3 Å². The van der Waals surface area contributed by atoms with Crippen molar-refractivity contribution in [3.8, 4) is 22.9 Å². The SMILES string of the molecule is C[Si]1(C)C#Cc2ccccc2C#C[Si](C)(C)[Si]1(C)C. The minimum atomic E-state index is -1.50. The van der Waals surface area contributed by atoms with Crippen LogP contribution in [-0.2, 0) is 0 Å². The van der Waals surface area contributed by atoms with E-state index in [-0.39, 0.29) is 0 Å². The van der Waals surface area contributed by atoms with E-state index in [0.717, 1.165) is 11.1 Å². The molecule has 0 saturated heterocycles. The molecule has 0 unspecified atom stereocenters. The standard InChI is InChI=1S/C16H22Si3/c1-17(2)13-11-15-9-7-8-10-16(15)12-14-18(3,4)19(17,5)6/h7-10H,1-6H3. The molecule has 0 aromatic heterocycles. The van der Waals surface area contributed by atoms with E-state index in [0.29, 0.717) is 0 Å². The molecular weight excluding hydrogens is 276 g/mol. The monoisotopic (exact) mass is 298 g/mol. The number of hydrogen-bond acceptors (Lipinski definition) is 0. The van der Waals surface area contributed by atoms with Crippen molar-refractivity contribution in [1.29, 1.82) is 0 Å². The van der Waals surface area contributed by atoms with Gasteiger partial charge in [0.1, 0.15) is 15.2 Å². The molecule has 0 fully saturated rings. The zero-order chi connectivity index (χ0) is 14.3. The van der Waals surface area contributed by atoms with Crippen molar-refractivity contribution in [1.82, 2.24) is 0 Å². The molecule has 3 heteroatoms. The van der Waals surface area contributed by atoms with Gasteiger partial charge in [-0.2, -0.15) is 0 Å². The summed E-state index contributed by atoms with van der Waals surface area (Å²) in [4.78, 5) is 0. The summed E-state index contributed by atoms with van der Waals surface area (Å²) in [6.07, 6.45) is 0. The fourth-order valence-electron chi connectivity index (χ4n) is 2.24. The van der Waals surface area contributed by atoms with Gasteiger partial charge in [-0.25, -0.2) is 0 Å². The van der Waals surface area contributed by atoms with E-state index < -0.39 is 22.3 Å². The van der Waals surface area contributed by atoms with Gasteiger partial charge in [0.15, 0.2) is 0 Å². The van der Waals surface area contributed by atoms with Crippen molar-refractivity contribution in [3.05, 3.63) is 35.4 Å². The Morgan fingerprint density at radius 2 is 1.05 bits per heavy atom. The summed E-state index contributed by atoms with van der Waals surface area (Å²) in [5, 5.41) is 0. The van der Waals surface area contributed by atoms with Gasteiger partial charge in [0, 0.05) is 11.1 Å². The van der Waals surface area contributed by atoms with Crippen LogP contribution in [0.5, 0.6) is 0 Å². The van der Waals surface area contributed by atoms with Crippen molar-refractivity contribution >= 4 is 22.3 Å². The molecule has 0 bridgehead atoms. The van der Waals surface area contributed by atoms with Crippen molar-refractivity contribution in [3.63, 3.8) is 0 Å². The quantitative estimate of drug-likeness (QED) is 0.505. The van der Waals surface area contributed by atoms with E-state index in [1.54, 1.807) is 0 Å². The predicted octanol–water partition coefficient (Wildman–Crippen LogP) is 3.76. The Hall–Kier alpha value is -1.01. The predicted molar refractivity (Wildman–Crippen MR) is 92.6 cm³/mol. The maximum atomic E-state index is 3.71. The molecule has 0 aliphatic carbocycles. The van der Waals surface area contributed by atoms with Crippen LogP contribution in [0.15, 0.2) is 24.3 Å². The maximum absolute atomic E-state index is 3.71. The van der Waals surface area contributed by atoms with Crippen molar-refractivity contribution in [2.24, 2.45) is 0 Å². The molecule has 0 amide bonds. The van der Waals surface area contributed by atoms with E-state index in [2.05, 4.69) is 86.5 Å².